The molecule has 1 unspecified atom stereocenters. The summed E-state index contributed by atoms with van der Waals surface area (Å²) in [5.74, 6) is 2.77. The van der Waals surface area contributed by atoms with Gasteiger partial charge in [-0.3, -0.25) is 4.79 Å². The lowest BCUT2D eigenvalue weighted by Crippen LogP contribution is -2.43. The van der Waals surface area contributed by atoms with Gasteiger partial charge in [0.1, 0.15) is 0 Å². The zero-order valence-corrected chi connectivity index (χ0v) is 13.0. The number of thioether (sulfide) groups is 1. The summed E-state index contributed by atoms with van der Waals surface area (Å²) in [6.07, 6.45) is 2.53. The first-order valence-electron chi connectivity index (χ1n) is 7.36. The van der Waals surface area contributed by atoms with Crippen molar-refractivity contribution in [2.45, 2.75) is 39.2 Å². The summed E-state index contributed by atoms with van der Waals surface area (Å²) in [6.45, 7) is 7.56. The van der Waals surface area contributed by atoms with Gasteiger partial charge in [0.05, 0.1) is 6.10 Å². The number of aliphatic hydroxyl groups is 1. The van der Waals surface area contributed by atoms with Gasteiger partial charge < -0.3 is 15.3 Å². The Labute approximate surface area is 121 Å². The van der Waals surface area contributed by atoms with Crippen LogP contribution in [-0.4, -0.2) is 59.7 Å². The van der Waals surface area contributed by atoms with E-state index in [9.17, 15) is 9.90 Å². The minimum Gasteiger partial charge on any atom is -0.390 e. The largest absolute Gasteiger partial charge is 0.390 e. The fraction of sp³-hybridized carbons (Fsp3) is 0.929. The van der Waals surface area contributed by atoms with E-state index in [-0.39, 0.29) is 5.91 Å². The molecule has 112 valence electrons. The van der Waals surface area contributed by atoms with E-state index in [0.717, 1.165) is 30.5 Å². The lowest BCUT2D eigenvalue weighted by molar-refractivity contribution is -0.121. The average Bonchev–Trinajstić information content (AvgIpc) is 2.39. The molecule has 2 N–H and O–H groups in total. The average molecular weight is 288 g/mol. The van der Waals surface area contributed by atoms with E-state index in [0.29, 0.717) is 19.5 Å². The number of piperidine rings is 1. The second-order valence-corrected chi connectivity index (χ2v) is 6.78. The molecule has 1 aliphatic rings. The summed E-state index contributed by atoms with van der Waals surface area (Å²) in [5, 5.41) is 12.7. The van der Waals surface area contributed by atoms with Crippen LogP contribution < -0.4 is 5.32 Å². The standard InChI is InChI=1S/C14H28N2O2S/c1-3-19-9-6-14(18)15-10-13(17)11-16-7-4-12(2)5-8-16/h12-13,17H,3-11H2,1-2H3,(H,15,18). The molecule has 1 atom stereocenters. The van der Waals surface area contributed by atoms with Crippen molar-refractivity contribution in [1.82, 2.24) is 10.2 Å². The first kappa shape index (κ1) is 16.8. The Morgan fingerprint density at radius 1 is 1.47 bits per heavy atom. The molecule has 0 radical (unpaired) electrons. The number of hydrogen-bond donors (Lipinski definition) is 2. The van der Waals surface area contributed by atoms with Crippen LogP contribution >= 0.6 is 11.8 Å². The van der Waals surface area contributed by atoms with Crippen LogP contribution in [0.2, 0.25) is 0 Å². The van der Waals surface area contributed by atoms with Crippen LogP contribution in [0.15, 0.2) is 0 Å². The van der Waals surface area contributed by atoms with Gasteiger partial charge in [0.25, 0.3) is 0 Å². The van der Waals surface area contributed by atoms with E-state index >= 15 is 0 Å². The highest BCUT2D eigenvalue weighted by molar-refractivity contribution is 7.99. The quantitative estimate of drug-likeness (QED) is 0.662. The van der Waals surface area contributed by atoms with Crippen LogP contribution in [0.5, 0.6) is 0 Å². The third kappa shape index (κ3) is 7.80. The molecule has 0 aliphatic carbocycles. The Balaban J connectivity index is 2.07. The number of carbonyl (C=O) groups excluding carboxylic acids is 1. The smallest absolute Gasteiger partial charge is 0.220 e. The van der Waals surface area contributed by atoms with Crippen LogP contribution in [-0.2, 0) is 4.79 Å². The number of amides is 1. The van der Waals surface area contributed by atoms with Crippen molar-refractivity contribution in [3.05, 3.63) is 0 Å². The lowest BCUT2D eigenvalue weighted by atomic mass is 9.99. The molecule has 0 bridgehead atoms. The minimum atomic E-state index is -0.448. The number of rotatable bonds is 8. The maximum absolute atomic E-state index is 11.5. The maximum Gasteiger partial charge on any atom is 0.220 e. The molecule has 1 amide bonds. The molecule has 1 saturated heterocycles. The zero-order chi connectivity index (χ0) is 14.1. The van der Waals surface area contributed by atoms with E-state index in [2.05, 4.69) is 24.1 Å². The van der Waals surface area contributed by atoms with Gasteiger partial charge >= 0.3 is 0 Å². The SMILES string of the molecule is CCSCCC(=O)NCC(O)CN1CCC(C)CC1. The fourth-order valence-electron chi connectivity index (χ4n) is 2.24. The van der Waals surface area contributed by atoms with E-state index in [1.807, 2.05) is 0 Å². The molecule has 0 saturated carbocycles. The summed E-state index contributed by atoms with van der Waals surface area (Å²) in [6, 6.07) is 0. The molecule has 19 heavy (non-hydrogen) atoms. The normalized spacial score (nSPS) is 19.3. The summed E-state index contributed by atoms with van der Waals surface area (Å²) in [7, 11) is 0. The van der Waals surface area contributed by atoms with E-state index in [1.54, 1.807) is 11.8 Å². The molecule has 1 rings (SSSR count). The number of aliphatic hydroxyl groups excluding tert-OH is 1. The molecule has 1 heterocycles. The van der Waals surface area contributed by atoms with Crippen molar-refractivity contribution in [2.75, 3.05) is 37.7 Å². The Morgan fingerprint density at radius 3 is 2.79 bits per heavy atom. The number of nitrogens with one attached hydrogen (secondary N) is 1. The minimum absolute atomic E-state index is 0.0484. The number of β-amino-alcohol motifs (C(OH)–C–C–N with tert-alkyl or cyclic N) is 1. The third-order valence-electron chi connectivity index (χ3n) is 3.56. The molecule has 0 aromatic carbocycles. The van der Waals surface area contributed by atoms with Crippen molar-refractivity contribution in [1.29, 1.82) is 0 Å². The second kappa shape index (κ2) is 9.61. The van der Waals surface area contributed by atoms with Crippen molar-refractivity contribution in [3.8, 4) is 0 Å². The van der Waals surface area contributed by atoms with Gasteiger partial charge in [-0.1, -0.05) is 13.8 Å². The molecule has 5 heteroatoms. The van der Waals surface area contributed by atoms with E-state index in [4.69, 9.17) is 0 Å². The summed E-state index contributed by atoms with van der Waals surface area (Å²) < 4.78 is 0. The Hall–Kier alpha value is -0.260. The lowest BCUT2D eigenvalue weighted by Gasteiger charge is -2.31. The van der Waals surface area contributed by atoms with Crippen LogP contribution in [0.25, 0.3) is 0 Å². The summed E-state index contributed by atoms with van der Waals surface area (Å²) in [5.41, 5.74) is 0. The molecule has 4 nitrogen and oxygen atoms in total. The van der Waals surface area contributed by atoms with Crippen molar-refractivity contribution in [3.63, 3.8) is 0 Å². The van der Waals surface area contributed by atoms with Gasteiger partial charge in [0.2, 0.25) is 5.91 Å². The number of hydrogen-bond acceptors (Lipinski definition) is 4. The van der Waals surface area contributed by atoms with Crippen molar-refractivity contribution >= 4 is 17.7 Å². The van der Waals surface area contributed by atoms with Crippen molar-refractivity contribution < 1.29 is 9.90 Å². The molecular weight excluding hydrogens is 260 g/mol. The highest BCUT2D eigenvalue weighted by atomic mass is 32.2. The first-order valence-corrected chi connectivity index (χ1v) is 8.52. The predicted molar refractivity (Wildman–Crippen MR) is 81.5 cm³/mol. The second-order valence-electron chi connectivity index (χ2n) is 5.39. The highest BCUT2D eigenvalue weighted by Gasteiger charge is 2.18. The van der Waals surface area contributed by atoms with Crippen LogP contribution in [0.4, 0.5) is 0 Å². The Bertz CT molecular complexity index is 256. The van der Waals surface area contributed by atoms with Crippen LogP contribution in [0.1, 0.15) is 33.1 Å². The molecular formula is C14H28N2O2S. The topological polar surface area (TPSA) is 52.6 Å². The first-order chi connectivity index (χ1) is 9.11. The third-order valence-corrected chi connectivity index (χ3v) is 4.46. The fourth-order valence-corrected chi connectivity index (χ4v) is 2.85. The summed E-state index contributed by atoms with van der Waals surface area (Å²) >= 11 is 1.77. The number of nitrogens with zero attached hydrogens (tertiary/aromatic N) is 1. The Kier molecular flexibility index (Phi) is 8.50. The Morgan fingerprint density at radius 2 is 2.16 bits per heavy atom. The number of carbonyl (C=O) groups is 1. The van der Waals surface area contributed by atoms with Crippen molar-refractivity contribution in [2.24, 2.45) is 5.92 Å². The molecule has 0 spiro atoms. The van der Waals surface area contributed by atoms with Gasteiger partial charge in [0, 0.05) is 25.3 Å². The highest BCUT2D eigenvalue weighted by Crippen LogP contribution is 2.15. The van der Waals surface area contributed by atoms with Crippen LogP contribution in [0.3, 0.4) is 0 Å². The van der Waals surface area contributed by atoms with Gasteiger partial charge in [-0.05, 0) is 37.6 Å². The molecule has 1 aliphatic heterocycles. The van der Waals surface area contributed by atoms with E-state index < -0.39 is 6.10 Å². The summed E-state index contributed by atoms with van der Waals surface area (Å²) in [4.78, 5) is 13.8. The maximum atomic E-state index is 11.5. The molecule has 0 aromatic rings. The zero-order valence-electron chi connectivity index (χ0n) is 12.2. The number of likely N-dealkylation sites (tertiary alicyclic amines) is 1. The van der Waals surface area contributed by atoms with Crippen LogP contribution in [0, 0.1) is 5.92 Å². The monoisotopic (exact) mass is 288 g/mol. The van der Waals surface area contributed by atoms with E-state index in [1.165, 1.54) is 12.8 Å². The van der Waals surface area contributed by atoms with Gasteiger partial charge in [-0.15, -0.1) is 0 Å². The van der Waals surface area contributed by atoms with Gasteiger partial charge in [0.15, 0.2) is 0 Å². The van der Waals surface area contributed by atoms with Gasteiger partial charge in [-0.25, -0.2) is 0 Å². The predicted octanol–water partition coefficient (Wildman–Crippen LogP) is 1.34. The van der Waals surface area contributed by atoms with Gasteiger partial charge in [-0.2, -0.15) is 11.8 Å². The molecule has 1 fully saturated rings. The molecule has 0 aromatic heterocycles.